The Hall–Kier alpha value is -3.15. The standard InChI is InChI=1S/C21H23N3O3/c1-4-16-9-5-6-11-18(16)26-15(3)21(25)22-13-19-23-20(24-27-19)17-10-7-8-14(2)12-17/h5-12,15H,4,13H2,1-3H3,(H,22,25)/t15-/m0/s1. The number of ether oxygens (including phenoxy) is 1. The van der Waals surface area contributed by atoms with Crippen molar-refractivity contribution in [3.8, 4) is 17.1 Å². The third-order valence-electron chi connectivity index (χ3n) is 4.18. The summed E-state index contributed by atoms with van der Waals surface area (Å²) in [5.41, 5.74) is 3.06. The van der Waals surface area contributed by atoms with Gasteiger partial charge < -0.3 is 14.6 Å². The highest BCUT2D eigenvalue weighted by Crippen LogP contribution is 2.20. The number of hydrogen-bond acceptors (Lipinski definition) is 5. The summed E-state index contributed by atoms with van der Waals surface area (Å²) in [4.78, 5) is 16.6. The van der Waals surface area contributed by atoms with Gasteiger partial charge in [0, 0.05) is 5.56 Å². The van der Waals surface area contributed by atoms with Gasteiger partial charge in [-0.2, -0.15) is 4.98 Å². The minimum Gasteiger partial charge on any atom is -0.481 e. The van der Waals surface area contributed by atoms with Crippen LogP contribution >= 0.6 is 0 Å². The predicted molar refractivity (Wildman–Crippen MR) is 102 cm³/mol. The maximum Gasteiger partial charge on any atom is 0.261 e. The largest absolute Gasteiger partial charge is 0.481 e. The third kappa shape index (κ3) is 4.73. The Labute approximate surface area is 158 Å². The molecule has 0 aliphatic carbocycles. The highest BCUT2D eigenvalue weighted by atomic mass is 16.5. The van der Waals surface area contributed by atoms with Crippen LogP contribution in [0.4, 0.5) is 0 Å². The fraction of sp³-hybridized carbons (Fsp3) is 0.286. The number of rotatable bonds is 7. The van der Waals surface area contributed by atoms with E-state index in [1.165, 1.54) is 0 Å². The summed E-state index contributed by atoms with van der Waals surface area (Å²) >= 11 is 0. The van der Waals surface area contributed by atoms with Gasteiger partial charge in [0.15, 0.2) is 6.10 Å². The molecule has 0 aliphatic heterocycles. The molecule has 6 nitrogen and oxygen atoms in total. The minimum absolute atomic E-state index is 0.154. The first-order valence-corrected chi connectivity index (χ1v) is 8.98. The molecule has 0 unspecified atom stereocenters. The minimum atomic E-state index is -0.628. The molecule has 0 saturated heterocycles. The third-order valence-corrected chi connectivity index (χ3v) is 4.18. The van der Waals surface area contributed by atoms with Crippen molar-refractivity contribution in [3.05, 3.63) is 65.5 Å². The number of carbonyl (C=O) groups excluding carboxylic acids is 1. The lowest BCUT2D eigenvalue weighted by atomic mass is 10.1. The molecular weight excluding hydrogens is 342 g/mol. The van der Waals surface area contributed by atoms with Gasteiger partial charge in [0.05, 0.1) is 6.54 Å². The van der Waals surface area contributed by atoms with Crippen LogP contribution in [0, 0.1) is 6.92 Å². The lowest BCUT2D eigenvalue weighted by Crippen LogP contribution is -2.36. The number of aromatic nitrogens is 2. The lowest BCUT2D eigenvalue weighted by molar-refractivity contribution is -0.127. The van der Waals surface area contributed by atoms with Crippen LogP contribution in [0.1, 0.15) is 30.9 Å². The SMILES string of the molecule is CCc1ccccc1O[C@@H](C)C(=O)NCc1nc(-c2cccc(C)c2)no1. The van der Waals surface area contributed by atoms with E-state index in [1.54, 1.807) is 6.92 Å². The van der Waals surface area contributed by atoms with Crippen LogP contribution in [-0.2, 0) is 17.8 Å². The van der Waals surface area contributed by atoms with Crippen molar-refractivity contribution in [2.45, 2.75) is 39.8 Å². The number of para-hydroxylation sites is 1. The van der Waals surface area contributed by atoms with Crippen molar-refractivity contribution in [1.29, 1.82) is 0 Å². The number of benzene rings is 2. The van der Waals surface area contributed by atoms with E-state index >= 15 is 0 Å². The van der Waals surface area contributed by atoms with Crippen LogP contribution < -0.4 is 10.1 Å². The first kappa shape index (κ1) is 18.6. The Bertz CT molecular complexity index is 920. The summed E-state index contributed by atoms with van der Waals surface area (Å²) in [6.07, 6.45) is 0.214. The van der Waals surface area contributed by atoms with E-state index in [2.05, 4.69) is 15.5 Å². The number of amides is 1. The van der Waals surface area contributed by atoms with E-state index in [0.29, 0.717) is 11.7 Å². The lowest BCUT2D eigenvalue weighted by Gasteiger charge is -2.16. The fourth-order valence-electron chi connectivity index (χ4n) is 2.69. The van der Waals surface area contributed by atoms with E-state index in [9.17, 15) is 4.79 Å². The molecule has 0 radical (unpaired) electrons. The molecule has 0 bridgehead atoms. The summed E-state index contributed by atoms with van der Waals surface area (Å²) < 4.78 is 11.0. The van der Waals surface area contributed by atoms with Crippen LogP contribution in [-0.4, -0.2) is 22.2 Å². The zero-order valence-electron chi connectivity index (χ0n) is 15.7. The van der Waals surface area contributed by atoms with Crippen molar-refractivity contribution in [3.63, 3.8) is 0 Å². The summed E-state index contributed by atoms with van der Waals surface area (Å²) in [7, 11) is 0. The van der Waals surface area contributed by atoms with E-state index < -0.39 is 6.10 Å². The molecule has 140 valence electrons. The highest BCUT2D eigenvalue weighted by Gasteiger charge is 2.17. The average Bonchev–Trinajstić information content (AvgIpc) is 3.15. The number of nitrogens with zero attached hydrogens (tertiary/aromatic N) is 2. The topological polar surface area (TPSA) is 77.2 Å². The zero-order valence-corrected chi connectivity index (χ0v) is 15.7. The second-order valence-corrected chi connectivity index (χ2v) is 6.32. The van der Waals surface area contributed by atoms with Gasteiger partial charge in [0.25, 0.3) is 5.91 Å². The van der Waals surface area contributed by atoms with Gasteiger partial charge in [-0.25, -0.2) is 0 Å². The predicted octanol–water partition coefficient (Wildman–Crippen LogP) is 3.69. The second-order valence-electron chi connectivity index (χ2n) is 6.32. The Morgan fingerprint density at radius 3 is 2.81 bits per heavy atom. The van der Waals surface area contributed by atoms with Crippen molar-refractivity contribution < 1.29 is 14.1 Å². The normalized spacial score (nSPS) is 11.8. The van der Waals surface area contributed by atoms with Gasteiger partial charge in [-0.1, -0.05) is 54.0 Å². The number of nitrogens with one attached hydrogen (secondary N) is 1. The molecule has 0 spiro atoms. The van der Waals surface area contributed by atoms with E-state index in [0.717, 1.165) is 28.9 Å². The quantitative estimate of drug-likeness (QED) is 0.691. The van der Waals surface area contributed by atoms with Crippen LogP contribution in [0.3, 0.4) is 0 Å². The highest BCUT2D eigenvalue weighted by molar-refractivity contribution is 5.80. The van der Waals surface area contributed by atoms with Crippen molar-refractivity contribution in [2.24, 2.45) is 0 Å². The Morgan fingerprint density at radius 2 is 2.04 bits per heavy atom. The van der Waals surface area contributed by atoms with E-state index in [1.807, 2.05) is 62.4 Å². The smallest absolute Gasteiger partial charge is 0.261 e. The first-order valence-electron chi connectivity index (χ1n) is 8.98. The van der Waals surface area contributed by atoms with Crippen LogP contribution in [0.15, 0.2) is 53.1 Å². The van der Waals surface area contributed by atoms with Crippen LogP contribution in [0.25, 0.3) is 11.4 Å². The van der Waals surface area contributed by atoms with Gasteiger partial charge in [0.2, 0.25) is 11.7 Å². The Kier molecular flexibility index (Phi) is 5.86. The summed E-state index contributed by atoms with van der Waals surface area (Å²) in [5.74, 6) is 1.34. The molecule has 0 fully saturated rings. The number of hydrogen-bond donors (Lipinski definition) is 1. The van der Waals surface area contributed by atoms with Gasteiger partial charge >= 0.3 is 0 Å². The van der Waals surface area contributed by atoms with Crippen molar-refractivity contribution >= 4 is 5.91 Å². The van der Waals surface area contributed by atoms with Crippen LogP contribution in [0.5, 0.6) is 5.75 Å². The molecule has 0 saturated carbocycles. The zero-order chi connectivity index (χ0) is 19.2. The molecule has 3 rings (SSSR count). The van der Waals surface area contributed by atoms with Gasteiger partial charge in [-0.3, -0.25) is 4.79 Å². The maximum absolute atomic E-state index is 12.3. The maximum atomic E-state index is 12.3. The molecular formula is C21H23N3O3. The average molecular weight is 365 g/mol. The van der Waals surface area contributed by atoms with Crippen molar-refractivity contribution in [1.82, 2.24) is 15.5 Å². The van der Waals surface area contributed by atoms with Gasteiger partial charge in [0.1, 0.15) is 5.75 Å². The summed E-state index contributed by atoms with van der Waals surface area (Å²) in [6, 6.07) is 15.6. The molecule has 1 heterocycles. The van der Waals surface area contributed by atoms with E-state index in [4.69, 9.17) is 9.26 Å². The first-order chi connectivity index (χ1) is 13.1. The summed E-state index contributed by atoms with van der Waals surface area (Å²) in [5, 5.41) is 6.74. The fourth-order valence-corrected chi connectivity index (χ4v) is 2.69. The number of aryl methyl sites for hydroxylation is 2. The Morgan fingerprint density at radius 1 is 1.22 bits per heavy atom. The number of carbonyl (C=O) groups is 1. The van der Waals surface area contributed by atoms with Crippen LogP contribution in [0.2, 0.25) is 0 Å². The molecule has 1 aromatic heterocycles. The summed E-state index contributed by atoms with van der Waals surface area (Å²) in [6.45, 7) is 5.92. The Balaban J connectivity index is 1.57. The molecule has 1 N–H and O–H groups in total. The van der Waals surface area contributed by atoms with E-state index in [-0.39, 0.29) is 12.5 Å². The monoisotopic (exact) mass is 365 g/mol. The second kappa shape index (κ2) is 8.49. The molecule has 2 aromatic carbocycles. The molecule has 1 amide bonds. The molecule has 27 heavy (non-hydrogen) atoms. The molecule has 3 aromatic rings. The van der Waals surface area contributed by atoms with Gasteiger partial charge in [-0.15, -0.1) is 0 Å². The molecule has 0 aliphatic rings. The van der Waals surface area contributed by atoms with Gasteiger partial charge in [-0.05, 0) is 38.0 Å². The van der Waals surface area contributed by atoms with Crippen molar-refractivity contribution in [2.75, 3.05) is 0 Å². The molecule has 6 heteroatoms. The molecule has 1 atom stereocenters.